The first kappa shape index (κ1) is 20.6. The number of amidine groups is 1. The number of benzene rings is 1. The molecule has 160 valence electrons. The van der Waals surface area contributed by atoms with E-state index in [9.17, 15) is 18.8 Å². The minimum atomic E-state index is -1.36. The Morgan fingerprint density at radius 2 is 1.97 bits per heavy atom. The number of hydrogen-bond donors (Lipinski definition) is 2. The highest BCUT2D eigenvalue weighted by atomic mass is 19.1. The molecule has 4 fully saturated rings. The van der Waals surface area contributed by atoms with Crippen LogP contribution in [-0.2, 0) is 4.79 Å². The first-order chi connectivity index (χ1) is 14.2. The number of carbonyl (C=O) groups is 1. The van der Waals surface area contributed by atoms with Crippen molar-refractivity contribution in [2.24, 2.45) is 39.6 Å². The van der Waals surface area contributed by atoms with E-state index < -0.39 is 22.7 Å². The molecule has 4 N–H and O–H groups in total. The molecule has 6 nitrogen and oxygen atoms in total. The Balaban J connectivity index is 1.60. The maximum Gasteiger partial charge on any atom is 0.223 e. The molecule has 3 unspecified atom stereocenters. The van der Waals surface area contributed by atoms with Gasteiger partial charge < -0.3 is 16.2 Å². The Kier molecular flexibility index (Phi) is 4.95. The second-order valence-electron chi connectivity index (χ2n) is 9.36. The van der Waals surface area contributed by atoms with Gasteiger partial charge in [0.25, 0.3) is 0 Å². The topological polar surface area (TPSA) is 114 Å². The van der Waals surface area contributed by atoms with Crippen LogP contribution in [0.1, 0.15) is 45.4 Å². The minimum absolute atomic E-state index is 0.0753. The first-order valence-electron chi connectivity index (χ1n) is 10.3. The Hall–Kier alpha value is -2.69. The van der Waals surface area contributed by atoms with Gasteiger partial charge in [0.1, 0.15) is 11.7 Å². The predicted octanol–water partition coefficient (Wildman–Crippen LogP) is 3.05. The molecule has 3 atom stereocenters. The number of aliphatic imine (C=N–C) groups is 1. The van der Waals surface area contributed by atoms with Gasteiger partial charge in [0.05, 0.1) is 18.5 Å². The molecule has 0 heterocycles. The van der Waals surface area contributed by atoms with E-state index in [-0.39, 0.29) is 41.8 Å². The lowest BCUT2D eigenvalue weighted by molar-refractivity contribution is -0.144. The summed E-state index contributed by atoms with van der Waals surface area (Å²) in [5, 5.41) is 9.30. The van der Waals surface area contributed by atoms with Crippen LogP contribution in [0, 0.1) is 46.1 Å². The van der Waals surface area contributed by atoms with Crippen molar-refractivity contribution in [2.75, 3.05) is 0 Å². The zero-order valence-electron chi connectivity index (χ0n) is 16.9. The molecule has 0 aromatic heterocycles. The number of primary amides is 1. The fourth-order valence-electron chi connectivity index (χ4n) is 5.94. The number of carbonyl (C=O) groups excluding carboxylic acids is 1. The van der Waals surface area contributed by atoms with E-state index in [1.165, 1.54) is 6.07 Å². The van der Waals surface area contributed by atoms with Crippen molar-refractivity contribution in [3.8, 4) is 11.8 Å². The second-order valence-corrected chi connectivity index (χ2v) is 9.36. The average molecular weight is 416 g/mol. The predicted molar refractivity (Wildman–Crippen MR) is 106 cm³/mol. The number of nitrogens with two attached hydrogens (primary N) is 2. The molecule has 4 saturated carbocycles. The number of ether oxygens (including phenoxy) is 1. The molecule has 0 spiro atoms. The van der Waals surface area contributed by atoms with E-state index in [2.05, 4.69) is 0 Å². The average Bonchev–Trinajstić information content (AvgIpc) is 2.66. The van der Waals surface area contributed by atoms with E-state index in [1.807, 2.05) is 6.07 Å². The quantitative estimate of drug-likeness (QED) is 0.548. The van der Waals surface area contributed by atoms with Gasteiger partial charge in [-0.2, -0.15) is 5.26 Å². The Morgan fingerprint density at radius 1 is 1.30 bits per heavy atom. The Bertz CT molecular complexity index is 928. The highest BCUT2D eigenvalue weighted by Gasteiger charge is 2.58. The van der Waals surface area contributed by atoms with Crippen molar-refractivity contribution in [1.29, 1.82) is 5.26 Å². The third kappa shape index (κ3) is 3.40. The Morgan fingerprint density at radius 3 is 2.53 bits per heavy atom. The molecule has 30 heavy (non-hydrogen) atoms. The van der Waals surface area contributed by atoms with Gasteiger partial charge in [-0.3, -0.25) is 9.79 Å². The van der Waals surface area contributed by atoms with Crippen LogP contribution >= 0.6 is 0 Å². The summed E-state index contributed by atoms with van der Waals surface area (Å²) < 4.78 is 33.1. The van der Waals surface area contributed by atoms with Crippen LogP contribution in [0.5, 0.6) is 5.75 Å². The largest absolute Gasteiger partial charge is 0.476 e. The molecule has 5 rings (SSSR count). The van der Waals surface area contributed by atoms with Crippen LogP contribution in [-0.4, -0.2) is 23.4 Å². The zero-order valence-corrected chi connectivity index (χ0v) is 16.9. The molecule has 1 aromatic rings. The lowest BCUT2D eigenvalue weighted by Crippen LogP contribution is -2.58. The zero-order chi connectivity index (χ0) is 21.7. The smallest absolute Gasteiger partial charge is 0.223 e. The number of rotatable bonds is 6. The van der Waals surface area contributed by atoms with Gasteiger partial charge >= 0.3 is 0 Å². The number of halogens is 2. The summed E-state index contributed by atoms with van der Waals surface area (Å²) in [6, 6.07) is 4.92. The summed E-state index contributed by atoms with van der Waals surface area (Å²) >= 11 is 0. The van der Waals surface area contributed by atoms with Crippen LogP contribution in [0.25, 0.3) is 0 Å². The molecule has 0 aliphatic heterocycles. The van der Waals surface area contributed by atoms with E-state index in [1.54, 1.807) is 6.92 Å². The summed E-state index contributed by atoms with van der Waals surface area (Å²) in [6.07, 6.45) is 4.10. The van der Waals surface area contributed by atoms with Crippen molar-refractivity contribution in [3.63, 3.8) is 0 Å². The molecule has 4 bridgehead atoms. The standard InChI is InChI=1S/C22H26F2N4O2/c1-21(4-5-25,30-17-3-2-15(23)8-16(17)24)19(26)28-18-13-6-12-7-14(18)11-22(9-12,10-13)20(27)29/h2-3,8,12-14,18H,4,6-7,9-11H2,1H3,(H2,26,28)(H2,27,29). The van der Waals surface area contributed by atoms with Crippen molar-refractivity contribution >= 4 is 11.7 Å². The molecule has 1 amide bonds. The van der Waals surface area contributed by atoms with Crippen molar-refractivity contribution in [1.82, 2.24) is 0 Å². The molecule has 0 radical (unpaired) electrons. The van der Waals surface area contributed by atoms with Crippen LogP contribution in [0.4, 0.5) is 8.78 Å². The van der Waals surface area contributed by atoms with E-state index in [0.717, 1.165) is 31.4 Å². The second kappa shape index (κ2) is 7.22. The van der Waals surface area contributed by atoms with Crippen LogP contribution in [0.2, 0.25) is 0 Å². The lowest BCUT2D eigenvalue weighted by Gasteiger charge is -2.57. The highest BCUT2D eigenvalue weighted by molar-refractivity contribution is 5.89. The SMILES string of the molecule is CC(CC#N)(Oc1ccc(F)cc1F)C(N)=NC1C2CC3CC1CC(C(N)=O)(C3)C2. The number of hydrogen-bond acceptors (Lipinski definition) is 4. The van der Waals surface area contributed by atoms with Gasteiger partial charge in [0.15, 0.2) is 17.2 Å². The third-order valence-electron chi connectivity index (χ3n) is 7.22. The van der Waals surface area contributed by atoms with Crippen LogP contribution < -0.4 is 16.2 Å². The summed E-state index contributed by atoms with van der Waals surface area (Å²) in [5.41, 5.74) is 10.3. The molecule has 4 aliphatic carbocycles. The van der Waals surface area contributed by atoms with Crippen LogP contribution in [0.15, 0.2) is 23.2 Å². The summed E-state index contributed by atoms with van der Waals surface area (Å²) in [4.78, 5) is 16.9. The molecular formula is C22H26F2N4O2. The number of amides is 1. The summed E-state index contributed by atoms with van der Waals surface area (Å²) in [5.74, 6) is -0.999. The summed E-state index contributed by atoms with van der Waals surface area (Å²) in [7, 11) is 0. The van der Waals surface area contributed by atoms with Gasteiger partial charge in [-0.15, -0.1) is 0 Å². The van der Waals surface area contributed by atoms with E-state index >= 15 is 0 Å². The molecule has 0 saturated heterocycles. The first-order valence-corrected chi connectivity index (χ1v) is 10.3. The monoisotopic (exact) mass is 416 g/mol. The number of nitriles is 1. The minimum Gasteiger partial charge on any atom is -0.476 e. The molecule has 8 heteroatoms. The van der Waals surface area contributed by atoms with Gasteiger partial charge in [0, 0.05) is 11.5 Å². The fraction of sp³-hybridized carbons (Fsp3) is 0.591. The van der Waals surface area contributed by atoms with Crippen molar-refractivity contribution in [3.05, 3.63) is 29.8 Å². The van der Waals surface area contributed by atoms with Gasteiger partial charge in [0.2, 0.25) is 5.91 Å². The maximum atomic E-state index is 14.1. The lowest BCUT2D eigenvalue weighted by atomic mass is 9.48. The highest BCUT2D eigenvalue weighted by Crippen LogP contribution is 2.60. The number of nitrogens with zero attached hydrogens (tertiary/aromatic N) is 2. The van der Waals surface area contributed by atoms with Gasteiger partial charge in [-0.1, -0.05) is 0 Å². The van der Waals surface area contributed by atoms with Gasteiger partial charge in [-0.05, 0) is 68.9 Å². The Labute approximate surface area is 174 Å². The molecule has 1 aromatic carbocycles. The van der Waals surface area contributed by atoms with E-state index in [0.29, 0.717) is 18.8 Å². The molecule has 4 aliphatic rings. The van der Waals surface area contributed by atoms with Crippen molar-refractivity contribution in [2.45, 2.75) is 57.1 Å². The van der Waals surface area contributed by atoms with E-state index in [4.69, 9.17) is 21.2 Å². The van der Waals surface area contributed by atoms with Crippen molar-refractivity contribution < 1.29 is 18.3 Å². The fourth-order valence-corrected chi connectivity index (χ4v) is 5.94. The third-order valence-corrected chi connectivity index (χ3v) is 7.22. The maximum absolute atomic E-state index is 14.1. The van der Waals surface area contributed by atoms with Gasteiger partial charge in [-0.25, -0.2) is 8.78 Å². The molecular weight excluding hydrogens is 390 g/mol. The normalized spacial score (nSPS) is 34.3. The summed E-state index contributed by atoms with van der Waals surface area (Å²) in [6.45, 7) is 1.58. The van der Waals surface area contributed by atoms with Crippen LogP contribution in [0.3, 0.4) is 0 Å².